The number of hydrogen-bond acceptors (Lipinski definition) is 3. The van der Waals surface area contributed by atoms with E-state index in [1.165, 1.54) is 22.3 Å². The van der Waals surface area contributed by atoms with Crippen molar-refractivity contribution in [3.8, 4) is 11.5 Å². The number of para-hydroxylation sites is 1. The Morgan fingerprint density at radius 2 is 1.65 bits per heavy atom. The summed E-state index contributed by atoms with van der Waals surface area (Å²) in [7, 11) is 3.34. The summed E-state index contributed by atoms with van der Waals surface area (Å²) in [5.41, 5.74) is 7.91. The number of aryl methyl sites for hydroxylation is 2. The molecule has 0 aliphatic heterocycles. The van der Waals surface area contributed by atoms with E-state index in [9.17, 15) is 4.79 Å². The molecule has 0 fully saturated rings. The standard InChI is InChI=1S/C27H26O4/c1-30-24-8-4-7-23(26(24)31-2)17-22-16-15-20-6-3-5-19(25(20)22)12-9-18-10-13-21(14-11-18)27(28)29/h3-8,10-11,13-14,16H,9,12,15,17H2,1-2H3,(H,28,29). The number of aromatic carboxylic acids is 1. The Hall–Kier alpha value is -3.53. The topological polar surface area (TPSA) is 55.8 Å². The van der Waals surface area contributed by atoms with E-state index in [1.54, 1.807) is 26.4 Å². The van der Waals surface area contributed by atoms with Gasteiger partial charge in [-0.15, -0.1) is 0 Å². The van der Waals surface area contributed by atoms with Crippen LogP contribution in [0.5, 0.6) is 11.5 Å². The first-order valence-corrected chi connectivity index (χ1v) is 10.4. The van der Waals surface area contributed by atoms with E-state index >= 15 is 0 Å². The number of ether oxygens (including phenoxy) is 2. The highest BCUT2D eigenvalue weighted by atomic mass is 16.5. The van der Waals surface area contributed by atoms with E-state index in [0.717, 1.165) is 48.3 Å². The van der Waals surface area contributed by atoms with Gasteiger partial charge in [-0.2, -0.15) is 0 Å². The molecule has 1 N–H and O–H groups in total. The minimum Gasteiger partial charge on any atom is -0.493 e. The lowest BCUT2D eigenvalue weighted by Crippen LogP contribution is -2.01. The molecule has 0 unspecified atom stereocenters. The minimum atomic E-state index is -0.893. The first-order chi connectivity index (χ1) is 15.1. The number of carboxylic acids is 1. The van der Waals surface area contributed by atoms with Crippen molar-refractivity contribution in [2.75, 3.05) is 14.2 Å². The number of carbonyl (C=O) groups is 1. The molecule has 0 amide bonds. The molecule has 0 heterocycles. The normalized spacial score (nSPS) is 12.3. The minimum absolute atomic E-state index is 0.321. The molecule has 1 aliphatic rings. The molecule has 4 heteroatoms. The molecule has 0 atom stereocenters. The van der Waals surface area contributed by atoms with Crippen LogP contribution in [0.15, 0.2) is 66.7 Å². The predicted molar refractivity (Wildman–Crippen MR) is 122 cm³/mol. The zero-order valence-electron chi connectivity index (χ0n) is 17.9. The van der Waals surface area contributed by atoms with Crippen molar-refractivity contribution in [1.82, 2.24) is 0 Å². The number of fused-ring (bicyclic) bond motifs is 1. The summed E-state index contributed by atoms with van der Waals surface area (Å²) in [4.78, 5) is 11.1. The van der Waals surface area contributed by atoms with E-state index in [1.807, 2.05) is 24.3 Å². The predicted octanol–water partition coefficient (Wildman–Crippen LogP) is 5.37. The van der Waals surface area contributed by atoms with Gasteiger partial charge in [-0.1, -0.05) is 48.5 Å². The third-order valence-electron chi connectivity index (χ3n) is 5.88. The fourth-order valence-electron chi connectivity index (χ4n) is 4.33. The summed E-state index contributed by atoms with van der Waals surface area (Å²) in [6.07, 6.45) is 5.82. The van der Waals surface area contributed by atoms with Crippen molar-refractivity contribution < 1.29 is 19.4 Å². The molecule has 1 aliphatic carbocycles. The Morgan fingerprint density at radius 1 is 0.903 bits per heavy atom. The number of carboxylic acid groups (broad SMARTS) is 1. The van der Waals surface area contributed by atoms with Gasteiger partial charge in [0.15, 0.2) is 11.5 Å². The molecule has 0 saturated carbocycles. The van der Waals surface area contributed by atoms with Crippen LogP contribution in [-0.2, 0) is 25.7 Å². The van der Waals surface area contributed by atoms with Crippen LogP contribution in [0.25, 0.3) is 5.57 Å². The van der Waals surface area contributed by atoms with E-state index in [2.05, 4.69) is 30.3 Å². The molecule has 0 bridgehead atoms. The van der Waals surface area contributed by atoms with Gasteiger partial charge in [0.2, 0.25) is 0 Å². The third-order valence-corrected chi connectivity index (χ3v) is 5.88. The van der Waals surface area contributed by atoms with Gasteiger partial charge in [0.05, 0.1) is 19.8 Å². The first-order valence-electron chi connectivity index (χ1n) is 10.4. The van der Waals surface area contributed by atoms with Crippen molar-refractivity contribution in [2.24, 2.45) is 0 Å². The average Bonchev–Trinajstić information content (AvgIpc) is 3.21. The number of methoxy groups -OCH3 is 2. The van der Waals surface area contributed by atoms with E-state index in [0.29, 0.717) is 5.56 Å². The highest BCUT2D eigenvalue weighted by molar-refractivity contribution is 5.87. The van der Waals surface area contributed by atoms with Crippen LogP contribution >= 0.6 is 0 Å². The molecule has 158 valence electrons. The first kappa shape index (κ1) is 20.7. The highest BCUT2D eigenvalue weighted by Gasteiger charge is 2.20. The zero-order valence-corrected chi connectivity index (χ0v) is 17.9. The molecule has 3 aromatic carbocycles. The Balaban J connectivity index is 1.56. The second-order valence-corrected chi connectivity index (χ2v) is 7.72. The molecule has 0 saturated heterocycles. The Morgan fingerprint density at radius 3 is 2.35 bits per heavy atom. The number of hydrogen-bond donors (Lipinski definition) is 1. The van der Waals surface area contributed by atoms with Gasteiger partial charge in [0.25, 0.3) is 0 Å². The SMILES string of the molecule is COc1cccc(CC2=CCc3cccc(CCc4ccc(C(=O)O)cc4)c32)c1OC. The third kappa shape index (κ3) is 4.33. The van der Waals surface area contributed by atoms with Crippen LogP contribution in [-0.4, -0.2) is 25.3 Å². The van der Waals surface area contributed by atoms with Gasteiger partial charge in [-0.25, -0.2) is 4.79 Å². The molecule has 0 aromatic heterocycles. The highest BCUT2D eigenvalue weighted by Crippen LogP contribution is 2.38. The second-order valence-electron chi connectivity index (χ2n) is 7.72. The van der Waals surface area contributed by atoms with Crippen LogP contribution in [0.4, 0.5) is 0 Å². The van der Waals surface area contributed by atoms with E-state index in [4.69, 9.17) is 14.6 Å². The largest absolute Gasteiger partial charge is 0.493 e. The lowest BCUT2D eigenvalue weighted by Gasteiger charge is -2.16. The molecule has 31 heavy (non-hydrogen) atoms. The maximum absolute atomic E-state index is 11.1. The second kappa shape index (κ2) is 9.09. The van der Waals surface area contributed by atoms with Gasteiger partial charge in [-0.3, -0.25) is 0 Å². The molecule has 0 spiro atoms. The molecule has 3 aromatic rings. The summed E-state index contributed by atoms with van der Waals surface area (Å²) in [5.74, 6) is 0.641. The monoisotopic (exact) mass is 414 g/mol. The van der Waals surface area contributed by atoms with Crippen molar-refractivity contribution >= 4 is 11.5 Å². The summed E-state index contributed by atoms with van der Waals surface area (Å²) in [6, 6.07) is 19.7. The van der Waals surface area contributed by atoms with Crippen LogP contribution < -0.4 is 9.47 Å². The Bertz CT molecular complexity index is 1130. The number of allylic oxidation sites excluding steroid dienone is 2. The maximum Gasteiger partial charge on any atom is 0.335 e. The molecular weight excluding hydrogens is 388 g/mol. The smallest absolute Gasteiger partial charge is 0.335 e. The van der Waals surface area contributed by atoms with Crippen LogP contribution in [0.1, 0.15) is 38.2 Å². The fourth-order valence-corrected chi connectivity index (χ4v) is 4.33. The van der Waals surface area contributed by atoms with Gasteiger partial charge in [0, 0.05) is 12.0 Å². The Labute approximate surface area is 182 Å². The average molecular weight is 415 g/mol. The van der Waals surface area contributed by atoms with Gasteiger partial charge >= 0.3 is 5.97 Å². The Kier molecular flexibility index (Phi) is 6.08. The van der Waals surface area contributed by atoms with Crippen LogP contribution in [0, 0.1) is 0 Å². The lowest BCUT2D eigenvalue weighted by atomic mass is 9.91. The fraction of sp³-hybridized carbons (Fsp3) is 0.222. The molecule has 0 radical (unpaired) electrons. The quantitative estimate of drug-likeness (QED) is 0.538. The number of rotatable bonds is 8. The van der Waals surface area contributed by atoms with Gasteiger partial charge < -0.3 is 14.6 Å². The molecule has 4 nitrogen and oxygen atoms in total. The van der Waals surface area contributed by atoms with Crippen molar-refractivity contribution in [3.05, 3.63) is 100 Å². The van der Waals surface area contributed by atoms with Crippen molar-refractivity contribution in [1.29, 1.82) is 0 Å². The van der Waals surface area contributed by atoms with E-state index in [-0.39, 0.29) is 0 Å². The van der Waals surface area contributed by atoms with Gasteiger partial charge in [-0.05, 0) is 65.3 Å². The molecular formula is C27H26O4. The van der Waals surface area contributed by atoms with Crippen molar-refractivity contribution in [2.45, 2.75) is 25.7 Å². The van der Waals surface area contributed by atoms with Crippen LogP contribution in [0.3, 0.4) is 0 Å². The summed E-state index contributed by atoms with van der Waals surface area (Å²) < 4.78 is 11.1. The summed E-state index contributed by atoms with van der Waals surface area (Å²) >= 11 is 0. The van der Waals surface area contributed by atoms with Gasteiger partial charge in [0.1, 0.15) is 0 Å². The van der Waals surface area contributed by atoms with Crippen molar-refractivity contribution in [3.63, 3.8) is 0 Å². The maximum atomic E-state index is 11.1. The zero-order chi connectivity index (χ0) is 21.8. The lowest BCUT2D eigenvalue weighted by molar-refractivity contribution is 0.0697. The summed E-state index contributed by atoms with van der Waals surface area (Å²) in [5, 5.41) is 9.09. The van der Waals surface area contributed by atoms with Crippen LogP contribution in [0.2, 0.25) is 0 Å². The summed E-state index contributed by atoms with van der Waals surface area (Å²) in [6.45, 7) is 0. The number of benzene rings is 3. The van der Waals surface area contributed by atoms with E-state index < -0.39 is 5.97 Å². The molecule has 4 rings (SSSR count).